The van der Waals surface area contributed by atoms with Gasteiger partial charge in [0.05, 0.1) is 13.0 Å². The number of imide groups is 1. The van der Waals surface area contributed by atoms with Crippen LogP contribution >= 0.6 is 0 Å². The van der Waals surface area contributed by atoms with E-state index in [1.807, 2.05) is 4.90 Å². The maximum absolute atomic E-state index is 13.1. The second kappa shape index (κ2) is 6.87. The van der Waals surface area contributed by atoms with Crippen LogP contribution in [0, 0.1) is 10.8 Å². The first-order valence-electron chi connectivity index (χ1n) is 10.9. The Kier molecular flexibility index (Phi) is 4.46. The first-order valence-corrected chi connectivity index (χ1v) is 10.9. The molecule has 3 aliphatic heterocycles. The standard InChI is InChI=1S/C23H29N3O5/c1-22(2)8-15-9-23(3,11-22)12-26(15)19(27)7-16-20(28)25(21(29)24-16)10-14-4-5-17-18(6-14)31-13-30-17/h4-6,15-16H,7-13H2,1-3H3,(H,24,29)/t15-,16-,23+/m0/s1. The van der Waals surface area contributed by atoms with Gasteiger partial charge in [0.1, 0.15) is 6.04 Å². The summed E-state index contributed by atoms with van der Waals surface area (Å²) in [6.45, 7) is 7.81. The van der Waals surface area contributed by atoms with Gasteiger partial charge in [0, 0.05) is 12.6 Å². The molecule has 0 spiro atoms. The summed E-state index contributed by atoms with van der Waals surface area (Å²) in [4.78, 5) is 41.6. The first kappa shape index (κ1) is 20.2. The van der Waals surface area contributed by atoms with E-state index in [2.05, 4.69) is 26.1 Å². The molecule has 1 saturated carbocycles. The van der Waals surface area contributed by atoms with Crippen LogP contribution in [-0.4, -0.2) is 53.1 Å². The number of hydrogen-bond donors (Lipinski definition) is 1. The summed E-state index contributed by atoms with van der Waals surface area (Å²) in [5, 5.41) is 2.70. The number of hydrogen-bond acceptors (Lipinski definition) is 5. The molecular weight excluding hydrogens is 398 g/mol. The molecule has 4 amide bonds. The molecule has 2 bridgehead atoms. The zero-order valence-corrected chi connectivity index (χ0v) is 18.3. The highest BCUT2D eigenvalue weighted by Crippen LogP contribution is 2.52. The van der Waals surface area contributed by atoms with Crippen molar-refractivity contribution in [3.8, 4) is 11.5 Å². The number of nitrogens with zero attached hydrogens (tertiary/aromatic N) is 2. The van der Waals surface area contributed by atoms with Gasteiger partial charge in [-0.1, -0.05) is 26.8 Å². The molecule has 1 aromatic rings. The third-order valence-electron chi connectivity index (χ3n) is 7.00. The van der Waals surface area contributed by atoms with E-state index in [-0.39, 0.29) is 48.4 Å². The van der Waals surface area contributed by atoms with Crippen molar-refractivity contribution >= 4 is 17.8 Å². The number of likely N-dealkylation sites (tertiary alicyclic amines) is 1. The van der Waals surface area contributed by atoms with E-state index in [9.17, 15) is 14.4 Å². The highest BCUT2D eigenvalue weighted by molar-refractivity contribution is 6.05. The molecule has 3 atom stereocenters. The smallest absolute Gasteiger partial charge is 0.325 e. The largest absolute Gasteiger partial charge is 0.454 e. The number of carbonyl (C=O) groups excluding carboxylic acids is 3. The van der Waals surface area contributed by atoms with Gasteiger partial charge in [-0.15, -0.1) is 0 Å². The number of nitrogens with one attached hydrogen (secondary N) is 1. The van der Waals surface area contributed by atoms with Crippen LogP contribution in [0.25, 0.3) is 0 Å². The summed E-state index contributed by atoms with van der Waals surface area (Å²) in [5.74, 6) is 0.852. The summed E-state index contributed by atoms with van der Waals surface area (Å²) in [5.41, 5.74) is 1.12. The molecule has 0 radical (unpaired) electrons. The molecule has 0 unspecified atom stereocenters. The van der Waals surface area contributed by atoms with Crippen molar-refractivity contribution in [2.24, 2.45) is 10.8 Å². The lowest BCUT2D eigenvalue weighted by Gasteiger charge is -2.39. The van der Waals surface area contributed by atoms with E-state index in [1.54, 1.807) is 18.2 Å². The van der Waals surface area contributed by atoms with Gasteiger partial charge in [-0.2, -0.15) is 0 Å². The second-order valence-corrected chi connectivity index (χ2v) is 10.6. The molecule has 31 heavy (non-hydrogen) atoms. The number of amides is 4. The minimum absolute atomic E-state index is 0.00915. The Morgan fingerprint density at radius 3 is 2.74 bits per heavy atom. The lowest BCUT2D eigenvalue weighted by atomic mass is 9.65. The van der Waals surface area contributed by atoms with E-state index < -0.39 is 12.1 Å². The fourth-order valence-electron chi connectivity index (χ4n) is 6.13. The maximum Gasteiger partial charge on any atom is 0.325 e. The number of benzene rings is 1. The molecule has 5 rings (SSSR count). The van der Waals surface area contributed by atoms with E-state index >= 15 is 0 Å². The van der Waals surface area contributed by atoms with Crippen LogP contribution in [0.2, 0.25) is 0 Å². The highest BCUT2D eigenvalue weighted by Gasteiger charge is 2.51. The molecule has 2 saturated heterocycles. The van der Waals surface area contributed by atoms with Crippen LogP contribution < -0.4 is 14.8 Å². The van der Waals surface area contributed by atoms with Gasteiger partial charge in [-0.3, -0.25) is 14.5 Å². The van der Waals surface area contributed by atoms with Crippen LogP contribution in [0.15, 0.2) is 18.2 Å². The fourth-order valence-corrected chi connectivity index (χ4v) is 6.13. The molecule has 8 heteroatoms. The summed E-state index contributed by atoms with van der Waals surface area (Å²) in [6, 6.07) is 4.29. The Labute approximate surface area is 181 Å². The van der Waals surface area contributed by atoms with E-state index in [0.717, 1.165) is 31.4 Å². The summed E-state index contributed by atoms with van der Waals surface area (Å²) < 4.78 is 10.7. The van der Waals surface area contributed by atoms with Crippen molar-refractivity contribution in [2.45, 2.75) is 65.1 Å². The van der Waals surface area contributed by atoms with Crippen molar-refractivity contribution in [1.29, 1.82) is 0 Å². The van der Waals surface area contributed by atoms with Crippen molar-refractivity contribution in [1.82, 2.24) is 15.1 Å². The average Bonchev–Trinajstić information content (AvgIpc) is 3.31. The summed E-state index contributed by atoms with van der Waals surface area (Å²) in [6.07, 6.45) is 3.11. The first-order chi connectivity index (χ1) is 14.6. The fraction of sp³-hybridized carbons (Fsp3) is 0.609. The van der Waals surface area contributed by atoms with Crippen LogP contribution in [0.4, 0.5) is 4.79 Å². The van der Waals surface area contributed by atoms with Gasteiger partial charge in [-0.05, 0) is 47.8 Å². The molecule has 8 nitrogen and oxygen atoms in total. The van der Waals surface area contributed by atoms with Gasteiger partial charge < -0.3 is 19.7 Å². The predicted molar refractivity (Wildman–Crippen MR) is 111 cm³/mol. The lowest BCUT2D eigenvalue weighted by Crippen LogP contribution is -2.42. The van der Waals surface area contributed by atoms with Crippen LogP contribution in [0.5, 0.6) is 11.5 Å². The summed E-state index contributed by atoms with van der Waals surface area (Å²) >= 11 is 0. The molecule has 1 aliphatic carbocycles. The zero-order valence-electron chi connectivity index (χ0n) is 18.3. The van der Waals surface area contributed by atoms with Crippen molar-refractivity contribution in [3.63, 3.8) is 0 Å². The third kappa shape index (κ3) is 3.62. The predicted octanol–water partition coefficient (Wildman–Crippen LogP) is 2.65. The number of carbonyl (C=O) groups is 3. The zero-order chi connectivity index (χ0) is 22.0. The van der Waals surface area contributed by atoms with Gasteiger partial charge in [-0.25, -0.2) is 4.79 Å². The molecule has 3 fully saturated rings. The lowest BCUT2D eigenvalue weighted by molar-refractivity contribution is -0.136. The Morgan fingerprint density at radius 1 is 1.16 bits per heavy atom. The highest BCUT2D eigenvalue weighted by atomic mass is 16.7. The normalized spacial score (nSPS) is 30.7. The average molecular weight is 428 g/mol. The van der Waals surface area contributed by atoms with Gasteiger partial charge in [0.2, 0.25) is 12.7 Å². The van der Waals surface area contributed by atoms with Crippen LogP contribution in [-0.2, 0) is 16.1 Å². The number of urea groups is 1. The molecular formula is C23H29N3O5. The van der Waals surface area contributed by atoms with Crippen molar-refractivity contribution in [3.05, 3.63) is 23.8 Å². The number of fused-ring (bicyclic) bond motifs is 3. The maximum atomic E-state index is 13.1. The molecule has 166 valence electrons. The molecule has 1 N–H and O–H groups in total. The summed E-state index contributed by atoms with van der Waals surface area (Å²) in [7, 11) is 0. The van der Waals surface area contributed by atoms with Gasteiger partial charge >= 0.3 is 6.03 Å². The number of ether oxygens (including phenoxy) is 2. The van der Waals surface area contributed by atoms with Gasteiger partial charge in [0.15, 0.2) is 11.5 Å². The van der Waals surface area contributed by atoms with E-state index in [0.29, 0.717) is 11.5 Å². The quantitative estimate of drug-likeness (QED) is 0.747. The van der Waals surface area contributed by atoms with Gasteiger partial charge in [0.25, 0.3) is 5.91 Å². The molecule has 3 heterocycles. The Bertz CT molecular complexity index is 961. The van der Waals surface area contributed by atoms with Crippen molar-refractivity contribution in [2.75, 3.05) is 13.3 Å². The molecule has 4 aliphatic rings. The van der Waals surface area contributed by atoms with E-state index in [4.69, 9.17) is 9.47 Å². The van der Waals surface area contributed by atoms with Crippen LogP contribution in [0.1, 0.15) is 52.0 Å². The molecule has 0 aromatic heterocycles. The Balaban J connectivity index is 1.24. The number of rotatable bonds is 4. The molecule has 1 aromatic carbocycles. The third-order valence-corrected chi connectivity index (χ3v) is 7.00. The SMILES string of the molecule is CC1(C)C[C@H]2C[C@@](C)(CN2C(=O)C[C@@H]2NC(=O)N(Cc3ccc4c(c3)OCO4)C2=O)C1. The van der Waals surface area contributed by atoms with Crippen LogP contribution in [0.3, 0.4) is 0 Å². The minimum atomic E-state index is -0.810. The minimum Gasteiger partial charge on any atom is -0.454 e. The Hall–Kier alpha value is -2.77. The monoisotopic (exact) mass is 427 g/mol. The second-order valence-electron chi connectivity index (χ2n) is 10.6. The topological polar surface area (TPSA) is 88.2 Å². The van der Waals surface area contributed by atoms with Crippen molar-refractivity contribution < 1.29 is 23.9 Å². The van der Waals surface area contributed by atoms with E-state index in [1.165, 1.54) is 4.90 Å². The Morgan fingerprint density at radius 2 is 1.94 bits per heavy atom.